The van der Waals surface area contributed by atoms with Gasteiger partial charge in [-0.05, 0) is 0 Å². The first kappa shape index (κ1) is 19.4. The maximum atomic E-state index is 10.0. The molecule has 0 aromatic rings. The first-order valence-electron chi connectivity index (χ1n) is 1.53. The monoisotopic (exact) mass is 262 g/mol. The molecule has 0 bridgehead atoms. The van der Waals surface area contributed by atoms with Crippen LogP contribution in [0.3, 0.4) is 0 Å². The van der Waals surface area contributed by atoms with Crippen molar-refractivity contribution in [1.82, 2.24) is 0 Å². The van der Waals surface area contributed by atoms with E-state index in [9.17, 15) is 12.6 Å². The van der Waals surface area contributed by atoms with E-state index in [4.69, 9.17) is 9.11 Å². The molecule has 0 fully saturated rings. The Labute approximate surface area is 108 Å². The van der Waals surface area contributed by atoms with Gasteiger partial charge >= 0.3 is 80.2 Å². The van der Waals surface area contributed by atoms with Crippen LogP contribution in [0.15, 0.2) is 0 Å². The van der Waals surface area contributed by atoms with Crippen LogP contribution >= 0.6 is 0 Å². The fourth-order valence-corrected chi connectivity index (χ4v) is 1.16. The molecule has 0 aliphatic carbocycles. The Morgan fingerprint density at radius 3 is 1.25 bits per heavy atom. The lowest BCUT2D eigenvalue weighted by atomic mass is 15.8. The Hall–Kier alpha value is 1.82. The van der Waals surface area contributed by atoms with Gasteiger partial charge in [0.25, 0.3) is 0 Å². The van der Waals surface area contributed by atoms with Crippen LogP contribution < -0.4 is 0 Å². The van der Waals surface area contributed by atoms with E-state index in [1.54, 1.807) is 0 Å². The third-order valence-corrected chi connectivity index (χ3v) is 2.05. The average molecular weight is 263 g/mol. The van der Waals surface area contributed by atoms with Crippen LogP contribution in [0.25, 0.3) is 0 Å². The second-order valence-corrected chi connectivity index (χ2v) is 3.14. The van der Waals surface area contributed by atoms with Crippen LogP contribution in [0.4, 0.5) is 0 Å². The predicted molar refractivity (Wildman–Crippen MR) is 48.9 cm³/mol. The number of rotatable bonds is 4. The van der Waals surface area contributed by atoms with E-state index in [1.807, 2.05) is 0 Å². The minimum Gasteiger partial charge on any atom is -0.283 e. The summed E-state index contributed by atoms with van der Waals surface area (Å²) in [7, 11) is 0. The zero-order valence-corrected chi connectivity index (χ0v) is 6.61. The highest BCUT2D eigenvalue weighted by Crippen LogP contribution is 1.92. The van der Waals surface area contributed by atoms with Gasteiger partial charge in [-0.15, -0.1) is 7.26 Å². The molecule has 0 aliphatic rings. The van der Waals surface area contributed by atoms with E-state index in [0.29, 0.717) is 0 Å². The molecule has 0 saturated carbocycles. The molecule has 0 rings (SSSR count). The standard InChI is InChI=1S/2Mg.H2O7S3.4H/c;;1-8(2)6-10(5)7-9(3)4;;;;/h;;(H,1,2)(H,3,4);;;;. The van der Waals surface area contributed by atoms with Gasteiger partial charge in [0.05, 0.1) is 0 Å². The van der Waals surface area contributed by atoms with Gasteiger partial charge in [0, 0.05) is 0 Å². The molecule has 0 spiro atoms. The lowest BCUT2D eigenvalue weighted by molar-refractivity contribution is 0.415. The van der Waals surface area contributed by atoms with E-state index in [0.717, 1.165) is 0 Å². The SMILES string of the molecule is O=S(O)OS(=O)OS(=O)O.[MgH2].[MgH2]. The van der Waals surface area contributed by atoms with Gasteiger partial charge in [-0.3, -0.25) is 9.11 Å². The van der Waals surface area contributed by atoms with Crippen LogP contribution in [0.1, 0.15) is 0 Å². The minimum atomic E-state index is -2.78. The van der Waals surface area contributed by atoms with E-state index in [-0.39, 0.29) is 46.1 Å². The van der Waals surface area contributed by atoms with Gasteiger partial charge in [-0.2, -0.15) is 12.6 Å². The summed E-state index contributed by atoms with van der Waals surface area (Å²) >= 11 is -8.25. The van der Waals surface area contributed by atoms with Crippen LogP contribution in [0, 0.1) is 0 Å². The minimum absolute atomic E-state index is 0. The number of hydrogen-bond donors (Lipinski definition) is 2. The smallest absolute Gasteiger partial charge is 0.283 e. The maximum absolute atomic E-state index is 10.0. The first-order valence-corrected chi connectivity index (χ1v) is 4.60. The molecule has 12 heteroatoms. The molecule has 0 heterocycles. The lowest BCUT2D eigenvalue weighted by Gasteiger charge is -1.91. The van der Waals surface area contributed by atoms with Crippen LogP contribution in [-0.2, 0) is 41.3 Å². The second kappa shape index (κ2) is 10.9. The summed E-state index contributed by atoms with van der Waals surface area (Å²) in [6.07, 6.45) is 0. The topological polar surface area (TPSA) is 110 Å². The first-order chi connectivity index (χ1) is 4.52. The van der Waals surface area contributed by atoms with Gasteiger partial charge in [0.1, 0.15) is 0 Å². The van der Waals surface area contributed by atoms with Crippen molar-refractivity contribution in [3.05, 3.63) is 0 Å². The normalized spacial score (nSPS) is 16.5. The molecule has 0 aromatic carbocycles. The van der Waals surface area contributed by atoms with Gasteiger partial charge in [0.2, 0.25) is 0 Å². The van der Waals surface area contributed by atoms with Gasteiger partial charge in [-0.1, -0.05) is 0 Å². The summed E-state index contributed by atoms with van der Waals surface area (Å²) in [5.41, 5.74) is 0. The highest BCUT2D eigenvalue weighted by atomic mass is 32.3. The quantitative estimate of drug-likeness (QED) is 0.411. The van der Waals surface area contributed by atoms with Crippen molar-refractivity contribution in [3.8, 4) is 0 Å². The van der Waals surface area contributed by atoms with E-state index in [1.165, 1.54) is 0 Å². The Morgan fingerprint density at radius 2 is 1.08 bits per heavy atom. The Bertz CT molecular complexity index is 159. The van der Waals surface area contributed by atoms with Crippen molar-refractivity contribution in [1.29, 1.82) is 0 Å². The highest BCUT2D eigenvalue weighted by molar-refractivity contribution is 7.93. The second-order valence-electron chi connectivity index (χ2n) is 0.774. The van der Waals surface area contributed by atoms with E-state index in [2.05, 4.69) is 7.26 Å². The molecule has 0 aliphatic heterocycles. The number of hydrogen-bond acceptors (Lipinski definition) is 5. The summed E-state index contributed by atoms with van der Waals surface area (Å²) in [4.78, 5) is 0. The molecule has 0 aromatic heterocycles. The molecule has 2 unspecified atom stereocenters. The Kier molecular flexibility index (Phi) is 17.6. The zero-order chi connectivity index (χ0) is 8.15. The molecule has 0 amide bonds. The molecular formula is H6Mg2O7S3. The van der Waals surface area contributed by atoms with Crippen molar-refractivity contribution in [2.24, 2.45) is 0 Å². The van der Waals surface area contributed by atoms with Crippen molar-refractivity contribution >= 4 is 80.2 Å². The molecule has 2 atom stereocenters. The Morgan fingerprint density at radius 1 is 0.833 bits per heavy atom. The van der Waals surface area contributed by atoms with Gasteiger partial charge < -0.3 is 0 Å². The molecule has 7 nitrogen and oxygen atoms in total. The summed E-state index contributed by atoms with van der Waals surface area (Å²) in [5.74, 6) is 0. The maximum Gasteiger partial charge on any atom is 0.336 e. The van der Waals surface area contributed by atoms with E-state index >= 15 is 0 Å². The summed E-state index contributed by atoms with van der Waals surface area (Å²) < 4.78 is 51.9. The van der Waals surface area contributed by atoms with Crippen molar-refractivity contribution in [2.45, 2.75) is 0 Å². The summed E-state index contributed by atoms with van der Waals surface area (Å²) in [6.45, 7) is 0. The third-order valence-electron chi connectivity index (χ3n) is 0.228. The van der Waals surface area contributed by atoms with E-state index < -0.39 is 34.1 Å². The zero-order valence-electron chi connectivity index (χ0n) is 4.16. The molecule has 0 radical (unpaired) electrons. The average Bonchev–Trinajstić information content (AvgIpc) is 1.58. The van der Waals surface area contributed by atoms with Crippen molar-refractivity contribution < 1.29 is 29.0 Å². The molecule has 70 valence electrons. The lowest BCUT2D eigenvalue weighted by Crippen LogP contribution is -2.05. The fraction of sp³-hybridized carbons (Fsp3) is 0. The Balaban J connectivity index is -0.000000405. The van der Waals surface area contributed by atoms with Gasteiger partial charge in [0.15, 0.2) is 0 Å². The fourth-order valence-electron chi connectivity index (χ4n) is 0.106. The molecular weight excluding hydrogens is 257 g/mol. The largest absolute Gasteiger partial charge is 0.336 e. The molecule has 2 N–H and O–H groups in total. The van der Waals surface area contributed by atoms with Gasteiger partial charge in [-0.25, -0.2) is 0 Å². The third kappa shape index (κ3) is 14.4. The summed E-state index contributed by atoms with van der Waals surface area (Å²) in [6, 6.07) is 0. The predicted octanol–water partition coefficient (Wildman–Crippen LogP) is -2.96. The summed E-state index contributed by atoms with van der Waals surface area (Å²) in [5, 5.41) is 0. The molecule has 12 heavy (non-hydrogen) atoms. The highest BCUT2D eigenvalue weighted by Gasteiger charge is 2.08. The van der Waals surface area contributed by atoms with Crippen molar-refractivity contribution in [2.75, 3.05) is 0 Å². The van der Waals surface area contributed by atoms with Crippen LogP contribution in [0.5, 0.6) is 0 Å². The van der Waals surface area contributed by atoms with Crippen LogP contribution in [-0.4, -0.2) is 67.8 Å². The van der Waals surface area contributed by atoms with Crippen molar-refractivity contribution in [3.63, 3.8) is 0 Å². The molecule has 0 saturated heterocycles. The van der Waals surface area contributed by atoms with Crippen LogP contribution in [0.2, 0.25) is 0 Å².